The highest BCUT2D eigenvalue weighted by molar-refractivity contribution is 5.78. The molecule has 1 aromatic carbocycles. The van der Waals surface area contributed by atoms with E-state index in [4.69, 9.17) is 4.98 Å². The molecule has 9 nitrogen and oxygen atoms in total. The van der Waals surface area contributed by atoms with Crippen LogP contribution >= 0.6 is 0 Å². The van der Waals surface area contributed by atoms with Crippen LogP contribution in [-0.2, 0) is 20.1 Å². The van der Waals surface area contributed by atoms with Crippen LogP contribution in [0.2, 0.25) is 0 Å². The third kappa shape index (κ3) is 4.08. The maximum absolute atomic E-state index is 12.9. The lowest BCUT2D eigenvalue weighted by molar-refractivity contribution is 0.100. The Morgan fingerprint density at radius 1 is 1.20 bits per heavy atom. The number of nitrogens with zero attached hydrogens (tertiary/aromatic N) is 6. The minimum atomic E-state index is -0.843. The maximum Gasteiger partial charge on any atom is 0.407 e. The first-order valence-electron chi connectivity index (χ1n) is 11.9. The van der Waals surface area contributed by atoms with Gasteiger partial charge in [-0.1, -0.05) is 26.8 Å². The molecule has 9 heteroatoms. The van der Waals surface area contributed by atoms with E-state index in [1.807, 2.05) is 30.3 Å². The van der Waals surface area contributed by atoms with E-state index in [2.05, 4.69) is 31.7 Å². The number of likely N-dealkylation sites (tertiary alicyclic amines) is 2. The Balaban J connectivity index is 1.47. The molecule has 2 bridgehead atoms. The van der Waals surface area contributed by atoms with Gasteiger partial charge in [0.25, 0.3) is 0 Å². The van der Waals surface area contributed by atoms with Gasteiger partial charge in [0.15, 0.2) is 5.65 Å². The molecule has 0 unspecified atom stereocenters. The molecule has 4 heterocycles. The van der Waals surface area contributed by atoms with Crippen LogP contribution in [0.3, 0.4) is 0 Å². The molecule has 2 aliphatic heterocycles. The van der Waals surface area contributed by atoms with Crippen molar-refractivity contribution in [2.75, 3.05) is 13.1 Å². The Morgan fingerprint density at radius 3 is 2.60 bits per heavy atom. The Hall–Kier alpha value is -3.64. The lowest BCUT2D eigenvalue weighted by Gasteiger charge is -2.32. The quantitative estimate of drug-likeness (QED) is 0.622. The summed E-state index contributed by atoms with van der Waals surface area (Å²) in [6.45, 7) is 8.82. The van der Waals surface area contributed by atoms with Gasteiger partial charge in [-0.3, -0.25) is 14.0 Å². The topological polar surface area (TPSA) is 107 Å². The summed E-state index contributed by atoms with van der Waals surface area (Å²) in [5.41, 5.74) is 4.18. The molecule has 2 aromatic heterocycles. The van der Waals surface area contributed by atoms with Gasteiger partial charge >= 0.3 is 11.8 Å². The largest absolute Gasteiger partial charge is 0.465 e. The molecule has 2 saturated heterocycles. The number of carbonyl (C=O) groups is 1. The van der Waals surface area contributed by atoms with Crippen LogP contribution in [0.15, 0.2) is 35.1 Å². The predicted molar refractivity (Wildman–Crippen MR) is 132 cm³/mol. The fourth-order valence-electron chi connectivity index (χ4n) is 5.46. The van der Waals surface area contributed by atoms with E-state index in [-0.39, 0.29) is 23.2 Å². The summed E-state index contributed by atoms with van der Waals surface area (Å²) >= 11 is 0. The van der Waals surface area contributed by atoms with Crippen LogP contribution in [0.25, 0.3) is 22.4 Å². The zero-order valence-corrected chi connectivity index (χ0v) is 20.5. The first kappa shape index (κ1) is 23.1. The Morgan fingerprint density at radius 2 is 1.97 bits per heavy atom. The minimum absolute atomic E-state index is 0.0536. The molecule has 2 fully saturated rings. The van der Waals surface area contributed by atoms with Crippen molar-refractivity contribution in [3.8, 4) is 17.3 Å². The SMILES string of the molecule is Cn1c(=O)n(CC(C)(C)C)c2ccc(-c3cc(CN4C[C@H]5C[C@@H]4CN5C(=O)O)ccc3C#N)nc21. The van der Waals surface area contributed by atoms with Crippen molar-refractivity contribution in [2.45, 2.75) is 52.4 Å². The maximum atomic E-state index is 12.9. The van der Waals surface area contributed by atoms with Gasteiger partial charge in [-0.25, -0.2) is 14.6 Å². The van der Waals surface area contributed by atoms with Gasteiger partial charge in [-0.15, -0.1) is 0 Å². The molecule has 5 rings (SSSR count). The van der Waals surface area contributed by atoms with E-state index < -0.39 is 6.09 Å². The number of piperazine rings is 1. The van der Waals surface area contributed by atoms with Crippen molar-refractivity contribution in [1.82, 2.24) is 23.9 Å². The smallest absolute Gasteiger partial charge is 0.407 e. The number of imidazole rings is 1. The fourth-order valence-corrected chi connectivity index (χ4v) is 5.46. The Bertz CT molecular complexity index is 1420. The van der Waals surface area contributed by atoms with E-state index in [9.17, 15) is 20.0 Å². The van der Waals surface area contributed by atoms with E-state index in [1.54, 1.807) is 21.1 Å². The van der Waals surface area contributed by atoms with Gasteiger partial charge in [0.2, 0.25) is 0 Å². The molecule has 2 aliphatic rings. The van der Waals surface area contributed by atoms with Crippen LogP contribution in [-0.4, -0.2) is 60.3 Å². The second-order valence-corrected chi connectivity index (χ2v) is 10.9. The van der Waals surface area contributed by atoms with Crippen molar-refractivity contribution in [3.05, 3.63) is 51.9 Å². The zero-order valence-electron chi connectivity index (χ0n) is 20.5. The normalized spacial score (nSPS) is 20.0. The second-order valence-electron chi connectivity index (χ2n) is 10.9. The van der Waals surface area contributed by atoms with Crippen molar-refractivity contribution in [1.29, 1.82) is 5.26 Å². The first-order valence-corrected chi connectivity index (χ1v) is 11.9. The Kier molecular flexibility index (Phi) is 5.44. The van der Waals surface area contributed by atoms with E-state index in [0.29, 0.717) is 36.5 Å². The van der Waals surface area contributed by atoms with Gasteiger partial charge in [0.05, 0.1) is 22.8 Å². The van der Waals surface area contributed by atoms with Crippen molar-refractivity contribution in [3.63, 3.8) is 0 Å². The summed E-state index contributed by atoms with van der Waals surface area (Å²) in [6, 6.07) is 12.1. The van der Waals surface area contributed by atoms with Crippen LogP contribution in [0.1, 0.15) is 38.3 Å². The number of hydrogen-bond acceptors (Lipinski definition) is 5. The summed E-state index contributed by atoms with van der Waals surface area (Å²) in [6.07, 6.45) is 0.0257. The third-order valence-electron chi connectivity index (χ3n) is 7.08. The van der Waals surface area contributed by atoms with Gasteiger partial charge in [0, 0.05) is 50.9 Å². The number of nitriles is 1. The Labute approximate surface area is 203 Å². The summed E-state index contributed by atoms with van der Waals surface area (Å²) in [5.74, 6) is 0. The highest BCUT2D eigenvalue weighted by Crippen LogP contribution is 2.33. The standard InChI is InChI=1S/C26H30N6O3/c1-26(2,3)15-32-22-8-7-21(28-23(22)29(4)24(32)33)20-9-16(5-6-17(20)11-27)12-30-13-19-10-18(30)14-31(19)25(34)35/h5-9,18-19H,10,12-15H2,1-4H3,(H,34,35)/t18-,19-/m1/s1. The van der Waals surface area contributed by atoms with E-state index >= 15 is 0 Å². The number of aromatic nitrogens is 3. The number of aryl methyl sites for hydroxylation is 1. The predicted octanol–water partition coefficient (Wildman–Crippen LogP) is 3.26. The fraction of sp³-hybridized carbons (Fsp3) is 0.462. The first-order chi connectivity index (χ1) is 16.6. The number of benzene rings is 1. The molecule has 182 valence electrons. The average molecular weight is 475 g/mol. The molecular weight excluding hydrogens is 444 g/mol. The second kappa shape index (κ2) is 8.24. The molecule has 0 aliphatic carbocycles. The van der Waals surface area contributed by atoms with E-state index in [0.717, 1.165) is 29.6 Å². The number of carboxylic acid groups (broad SMARTS) is 1. The molecule has 0 radical (unpaired) electrons. The van der Waals surface area contributed by atoms with Crippen LogP contribution in [0.4, 0.5) is 4.79 Å². The number of amides is 1. The van der Waals surface area contributed by atoms with Crippen LogP contribution < -0.4 is 5.69 Å². The van der Waals surface area contributed by atoms with Crippen LogP contribution in [0, 0.1) is 16.7 Å². The molecule has 35 heavy (non-hydrogen) atoms. The number of pyridine rings is 1. The highest BCUT2D eigenvalue weighted by Gasteiger charge is 2.45. The molecule has 0 spiro atoms. The van der Waals surface area contributed by atoms with Gasteiger partial charge in [-0.2, -0.15) is 5.26 Å². The van der Waals surface area contributed by atoms with Crippen LogP contribution in [0.5, 0.6) is 0 Å². The number of fused-ring (bicyclic) bond motifs is 3. The minimum Gasteiger partial charge on any atom is -0.465 e. The van der Waals surface area contributed by atoms with Crippen molar-refractivity contribution >= 4 is 17.3 Å². The average Bonchev–Trinajstić information content (AvgIpc) is 3.47. The highest BCUT2D eigenvalue weighted by atomic mass is 16.4. The van der Waals surface area contributed by atoms with Gasteiger partial charge in [0.1, 0.15) is 0 Å². The number of hydrogen-bond donors (Lipinski definition) is 1. The molecule has 1 N–H and O–H groups in total. The molecule has 2 atom stereocenters. The monoisotopic (exact) mass is 474 g/mol. The molecule has 0 saturated carbocycles. The summed E-state index contributed by atoms with van der Waals surface area (Å²) in [4.78, 5) is 33.0. The molecule has 3 aromatic rings. The third-order valence-corrected chi connectivity index (χ3v) is 7.08. The lowest BCUT2D eigenvalue weighted by atomic mass is 9.97. The van der Waals surface area contributed by atoms with E-state index in [1.165, 1.54) is 0 Å². The van der Waals surface area contributed by atoms with Crippen molar-refractivity contribution in [2.24, 2.45) is 12.5 Å². The summed E-state index contributed by atoms with van der Waals surface area (Å²) in [5, 5.41) is 19.1. The molecule has 1 amide bonds. The van der Waals surface area contributed by atoms with Gasteiger partial charge < -0.3 is 10.0 Å². The summed E-state index contributed by atoms with van der Waals surface area (Å²) < 4.78 is 3.33. The molecular formula is C26H30N6O3. The van der Waals surface area contributed by atoms with Gasteiger partial charge in [-0.05, 0) is 41.7 Å². The number of rotatable bonds is 4. The van der Waals surface area contributed by atoms with Crippen molar-refractivity contribution < 1.29 is 9.90 Å². The lowest BCUT2D eigenvalue weighted by Crippen LogP contribution is -2.47. The zero-order chi connectivity index (χ0) is 25.1. The summed E-state index contributed by atoms with van der Waals surface area (Å²) in [7, 11) is 1.73.